The molecule has 0 bridgehead atoms. The number of nitrogens with one attached hydrogen (secondary N) is 1. The third-order valence-electron chi connectivity index (χ3n) is 3.47. The molecule has 8 nitrogen and oxygen atoms in total. The first-order valence-corrected chi connectivity index (χ1v) is 9.30. The van der Waals surface area contributed by atoms with Crippen molar-refractivity contribution in [2.24, 2.45) is 0 Å². The van der Waals surface area contributed by atoms with Gasteiger partial charge in [0.05, 0.1) is 12.2 Å². The maximum atomic E-state index is 12.0. The van der Waals surface area contributed by atoms with Gasteiger partial charge in [0.2, 0.25) is 5.91 Å². The minimum absolute atomic E-state index is 0.0580. The summed E-state index contributed by atoms with van der Waals surface area (Å²) in [5.41, 5.74) is 1.25. The average molecular weight is 399 g/mol. The molecule has 0 saturated heterocycles. The second kappa shape index (κ2) is 9.56. The molecule has 1 amide bonds. The molecule has 3 aromatic rings. The molecular formula is C19H17N3O5S. The smallest absolute Gasteiger partial charge is 0.307 e. The summed E-state index contributed by atoms with van der Waals surface area (Å²) in [6.07, 6.45) is -0.0580. The molecule has 0 saturated carbocycles. The van der Waals surface area contributed by atoms with Crippen LogP contribution in [-0.2, 0) is 22.6 Å². The zero-order chi connectivity index (χ0) is 19.8. The van der Waals surface area contributed by atoms with E-state index >= 15 is 0 Å². The van der Waals surface area contributed by atoms with Gasteiger partial charge >= 0.3 is 5.97 Å². The lowest BCUT2D eigenvalue weighted by atomic mass is 10.1. The highest BCUT2D eigenvalue weighted by atomic mass is 32.2. The number of carbonyl (C=O) groups is 2. The number of nitrogens with zero attached hydrogens (tertiary/aromatic N) is 2. The van der Waals surface area contributed by atoms with Gasteiger partial charge in [-0.1, -0.05) is 42.1 Å². The van der Waals surface area contributed by atoms with E-state index in [1.165, 1.54) is 0 Å². The average Bonchev–Trinajstić information content (AvgIpc) is 3.15. The Morgan fingerprint density at radius 2 is 1.82 bits per heavy atom. The van der Waals surface area contributed by atoms with Gasteiger partial charge in [-0.15, -0.1) is 10.2 Å². The molecule has 0 unspecified atom stereocenters. The van der Waals surface area contributed by atoms with Crippen molar-refractivity contribution in [2.75, 3.05) is 11.1 Å². The molecule has 28 heavy (non-hydrogen) atoms. The molecule has 2 N–H and O–H groups in total. The summed E-state index contributed by atoms with van der Waals surface area (Å²) in [4.78, 5) is 22.7. The Kier molecular flexibility index (Phi) is 6.64. The molecule has 2 aromatic carbocycles. The van der Waals surface area contributed by atoms with Crippen LogP contribution >= 0.6 is 11.8 Å². The monoisotopic (exact) mass is 399 g/mol. The number of thioether (sulfide) groups is 1. The number of aromatic nitrogens is 2. The lowest BCUT2D eigenvalue weighted by Gasteiger charge is -2.05. The Morgan fingerprint density at radius 1 is 1.07 bits per heavy atom. The first kappa shape index (κ1) is 19.4. The van der Waals surface area contributed by atoms with Gasteiger partial charge in [0.1, 0.15) is 5.75 Å². The van der Waals surface area contributed by atoms with Crippen LogP contribution < -0.4 is 10.1 Å². The van der Waals surface area contributed by atoms with Crippen molar-refractivity contribution in [1.82, 2.24) is 10.2 Å². The molecule has 1 heterocycles. The summed E-state index contributed by atoms with van der Waals surface area (Å²) >= 11 is 1.12. The predicted molar refractivity (Wildman–Crippen MR) is 102 cm³/mol. The molecule has 0 aliphatic carbocycles. The van der Waals surface area contributed by atoms with Gasteiger partial charge in [-0.2, -0.15) is 0 Å². The quantitative estimate of drug-likeness (QED) is 0.528. The number of rotatable bonds is 9. The number of aliphatic carboxylic acids is 1. The minimum atomic E-state index is -0.902. The van der Waals surface area contributed by atoms with Crippen LogP contribution in [0.5, 0.6) is 5.75 Å². The van der Waals surface area contributed by atoms with Crippen LogP contribution in [0.2, 0.25) is 0 Å². The fourth-order valence-electron chi connectivity index (χ4n) is 2.22. The molecule has 0 radical (unpaired) electrons. The van der Waals surface area contributed by atoms with Crippen molar-refractivity contribution in [2.45, 2.75) is 18.3 Å². The van der Waals surface area contributed by atoms with Crippen molar-refractivity contribution >= 4 is 29.3 Å². The van der Waals surface area contributed by atoms with E-state index < -0.39 is 5.97 Å². The number of hydrogen-bond donors (Lipinski definition) is 2. The van der Waals surface area contributed by atoms with Crippen LogP contribution in [0.1, 0.15) is 11.5 Å². The second-order valence-electron chi connectivity index (χ2n) is 5.67. The molecule has 3 rings (SSSR count). The lowest BCUT2D eigenvalue weighted by molar-refractivity contribution is -0.136. The maximum Gasteiger partial charge on any atom is 0.307 e. The van der Waals surface area contributed by atoms with E-state index in [0.717, 1.165) is 11.8 Å². The SMILES string of the molecule is O=C(O)Cc1ccc(NC(=O)CSc2nnc(COc3ccccc3)o2)cc1. The van der Waals surface area contributed by atoms with Crippen molar-refractivity contribution in [3.63, 3.8) is 0 Å². The van der Waals surface area contributed by atoms with Crippen LogP contribution in [0, 0.1) is 0 Å². The number of carboxylic acid groups (broad SMARTS) is 1. The Hall–Kier alpha value is -3.33. The van der Waals surface area contributed by atoms with Crippen molar-refractivity contribution in [1.29, 1.82) is 0 Å². The summed E-state index contributed by atoms with van der Waals surface area (Å²) < 4.78 is 11.0. The van der Waals surface area contributed by atoms with Crippen LogP contribution in [0.3, 0.4) is 0 Å². The van der Waals surface area contributed by atoms with E-state index in [1.807, 2.05) is 30.3 Å². The number of para-hydroxylation sites is 1. The Balaban J connectivity index is 1.43. The number of anilines is 1. The fraction of sp³-hybridized carbons (Fsp3) is 0.158. The number of amides is 1. The van der Waals surface area contributed by atoms with Gasteiger partial charge in [0.15, 0.2) is 6.61 Å². The van der Waals surface area contributed by atoms with E-state index in [-0.39, 0.29) is 29.9 Å². The summed E-state index contributed by atoms with van der Waals surface area (Å²) in [6.45, 7) is 0.145. The molecule has 1 aromatic heterocycles. The molecule has 144 valence electrons. The van der Waals surface area contributed by atoms with Crippen LogP contribution in [0.4, 0.5) is 5.69 Å². The Bertz CT molecular complexity index is 928. The van der Waals surface area contributed by atoms with Crippen LogP contribution in [0.25, 0.3) is 0 Å². The summed E-state index contributed by atoms with van der Waals surface area (Å²) in [6, 6.07) is 15.9. The molecule has 0 spiro atoms. The third-order valence-corrected chi connectivity index (χ3v) is 4.29. The van der Waals surface area contributed by atoms with Gasteiger partial charge in [-0.05, 0) is 29.8 Å². The zero-order valence-corrected chi connectivity index (χ0v) is 15.5. The number of benzene rings is 2. The first-order chi connectivity index (χ1) is 13.6. The number of carbonyl (C=O) groups excluding carboxylic acids is 1. The van der Waals surface area contributed by atoms with Gasteiger partial charge in [0, 0.05) is 5.69 Å². The second-order valence-corrected chi connectivity index (χ2v) is 6.59. The van der Waals surface area contributed by atoms with Crippen LogP contribution in [-0.4, -0.2) is 32.9 Å². The molecular weight excluding hydrogens is 382 g/mol. The Labute approximate surface area is 164 Å². The summed E-state index contributed by atoms with van der Waals surface area (Å²) in [5, 5.41) is 19.5. The highest BCUT2D eigenvalue weighted by Gasteiger charge is 2.11. The largest absolute Gasteiger partial charge is 0.484 e. The van der Waals surface area contributed by atoms with Crippen molar-refractivity contribution in [3.8, 4) is 5.75 Å². The first-order valence-electron chi connectivity index (χ1n) is 8.32. The summed E-state index contributed by atoms with van der Waals surface area (Å²) in [5.74, 6) is -0.0279. The standard InChI is InChI=1S/C19H17N3O5S/c23-16(20-14-8-6-13(7-9-14)10-18(24)25)12-28-19-22-21-17(27-19)11-26-15-4-2-1-3-5-15/h1-9H,10-12H2,(H,20,23)(H,24,25). The molecule has 0 aliphatic rings. The molecule has 0 fully saturated rings. The van der Waals surface area contributed by atoms with E-state index in [1.54, 1.807) is 24.3 Å². The minimum Gasteiger partial charge on any atom is -0.484 e. The number of carboxylic acids is 1. The molecule has 0 aliphatic heterocycles. The van der Waals surface area contributed by atoms with Gasteiger partial charge in [-0.25, -0.2) is 0 Å². The number of hydrogen-bond acceptors (Lipinski definition) is 7. The molecule has 0 atom stereocenters. The zero-order valence-electron chi connectivity index (χ0n) is 14.7. The van der Waals surface area contributed by atoms with E-state index in [4.69, 9.17) is 14.3 Å². The van der Waals surface area contributed by atoms with Gasteiger partial charge < -0.3 is 19.6 Å². The van der Waals surface area contributed by atoms with Crippen LogP contribution in [0.15, 0.2) is 64.2 Å². The molecule has 9 heteroatoms. The highest BCUT2D eigenvalue weighted by Crippen LogP contribution is 2.18. The Morgan fingerprint density at radius 3 is 2.54 bits per heavy atom. The van der Waals surface area contributed by atoms with Gasteiger partial charge in [0.25, 0.3) is 11.1 Å². The van der Waals surface area contributed by atoms with E-state index in [0.29, 0.717) is 22.9 Å². The normalized spacial score (nSPS) is 10.4. The number of ether oxygens (including phenoxy) is 1. The predicted octanol–water partition coefficient (Wildman–Crippen LogP) is 3.01. The van der Waals surface area contributed by atoms with Crippen molar-refractivity contribution in [3.05, 3.63) is 66.1 Å². The topological polar surface area (TPSA) is 115 Å². The van der Waals surface area contributed by atoms with Gasteiger partial charge in [-0.3, -0.25) is 9.59 Å². The third kappa shape index (κ3) is 6.13. The fourth-order valence-corrected chi connectivity index (χ4v) is 2.80. The summed E-state index contributed by atoms with van der Waals surface area (Å²) in [7, 11) is 0. The van der Waals surface area contributed by atoms with E-state index in [9.17, 15) is 9.59 Å². The maximum absolute atomic E-state index is 12.0. The lowest BCUT2D eigenvalue weighted by Crippen LogP contribution is -2.14. The van der Waals surface area contributed by atoms with Crippen molar-refractivity contribution < 1.29 is 23.8 Å². The van der Waals surface area contributed by atoms with E-state index in [2.05, 4.69) is 15.5 Å². The highest BCUT2D eigenvalue weighted by molar-refractivity contribution is 7.99.